The number of aromatic nitrogens is 2. The van der Waals surface area contributed by atoms with Crippen molar-refractivity contribution >= 4 is 28.8 Å². The van der Waals surface area contributed by atoms with Crippen molar-refractivity contribution in [2.45, 2.75) is 32.3 Å². The van der Waals surface area contributed by atoms with Crippen LogP contribution in [-0.4, -0.2) is 21.6 Å². The van der Waals surface area contributed by atoms with E-state index in [9.17, 15) is 5.11 Å². The van der Waals surface area contributed by atoms with E-state index in [2.05, 4.69) is 15.3 Å². The van der Waals surface area contributed by atoms with Crippen molar-refractivity contribution in [3.05, 3.63) is 39.4 Å². The van der Waals surface area contributed by atoms with Crippen LogP contribution in [0.3, 0.4) is 0 Å². The summed E-state index contributed by atoms with van der Waals surface area (Å²) in [6.07, 6.45) is -0.562. The van der Waals surface area contributed by atoms with Gasteiger partial charge in [-0.1, -0.05) is 32.4 Å². The topological polar surface area (TPSA) is 58.0 Å². The molecule has 0 bridgehead atoms. The van der Waals surface area contributed by atoms with E-state index in [4.69, 9.17) is 11.6 Å². The van der Waals surface area contributed by atoms with Crippen molar-refractivity contribution in [3.63, 3.8) is 0 Å². The molecule has 0 spiro atoms. The number of hydrogen-bond acceptors (Lipinski definition) is 5. The molecular weight excluding hydrogens is 294 g/mol. The van der Waals surface area contributed by atoms with Gasteiger partial charge in [0.25, 0.3) is 0 Å². The quantitative estimate of drug-likeness (QED) is 0.846. The molecule has 0 aliphatic heterocycles. The Bertz CT molecular complexity index is 566. The van der Waals surface area contributed by atoms with Gasteiger partial charge in [0.15, 0.2) is 0 Å². The number of hydrogen-bond donors (Lipinski definition) is 2. The second-order valence-corrected chi connectivity index (χ2v) is 6.77. The largest absolute Gasteiger partial charge is 0.387 e. The number of rotatable bonds is 4. The molecule has 0 radical (unpaired) electrons. The molecule has 0 amide bonds. The van der Waals surface area contributed by atoms with Gasteiger partial charge in [-0.3, -0.25) is 0 Å². The normalized spacial score (nSPS) is 13.2. The van der Waals surface area contributed by atoms with Crippen molar-refractivity contribution in [2.24, 2.45) is 0 Å². The number of nitrogens with zero attached hydrogens (tertiary/aromatic N) is 2. The highest BCUT2D eigenvalue weighted by Gasteiger charge is 2.19. The number of anilines is 1. The number of nitrogens with one attached hydrogen (secondary N) is 1. The van der Waals surface area contributed by atoms with Crippen molar-refractivity contribution in [2.75, 3.05) is 11.9 Å². The summed E-state index contributed by atoms with van der Waals surface area (Å²) in [6, 6.07) is 3.57. The molecule has 0 fully saturated rings. The van der Waals surface area contributed by atoms with Gasteiger partial charge in [0, 0.05) is 18.0 Å². The van der Waals surface area contributed by atoms with Crippen molar-refractivity contribution in [1.82, 2.24) is 9.97 Å². The minimum Gasteiger partial charge on any atom is -0.387 e. The van der Waals surface area contributed by atoms with Gasteiger partial charge in [0.2, 0.25) is 0 Å². The maximum absolute atomic E-state index is 10.0. The molecule has 108 valence electrons. The highest BCUT2D eigenvalue weighted by molar-refractivity contribution is 7.07. The monoisotopic (exact) mass is 311 g/mol. The molecule has 1 unspecified atom stereocenters. The van der Waals surface area contributed by atoms with Crippen LogP contribution < -0.4 is 5.32 Å². The van der Waals surface area contributed by atoms with Gasteiger partial charge in [-0.25, -0.2) is 9.97 Å². The zero-order valence-corrected chi connectivity index (χ0v) is 13.3. The van der Waals surface area contributed by atoms with E-state index in [1.54, 1.807) is 17.4 Å². The van der Waals surface area contributed by atoms with E-state index < -0.39 is 6.10 Å². The lowest BCUT2D eigenvalue weighted by atomic mass is 9.96. The summed E-state index contributed by atoms with van der Waals surface area (Å²) in [5.41, 5.74) is 0.728. The second kappa shape index (κ2) is 6.08. The second-order valence-electron chi connectivity index (χ2n) is 5.60. The average Bonchev–Trinajstić information content (AvgIpc) is 2.88. The fraction of sp³-hybridized carbons (Fsp3) is 0.429. The summed E-state index contributed by atoms with van der Waals surface area (Å²) in [5, 5.41) is 17.4. The predicted octanol–water partition coefficient (Wildman–Crippen LogP) is 3.63. The van der Waals surface area contributed by atoms with Crippen molar-refractivity contribution < 1.29 is 5.11 Å². The first kappa shape index (κ1) is 15.2. The molecule has 2 heterocycles. The molecule has 0 aliphatic carbocycles. The van der Waals surface area contributed by atoms with E-state index in [1.165, 1.54) is 0 Å². The standard InChI is InChI=1S/C14H18ClN3OS/c1-14(2,3)13-17-11(15)6-12(18-13)16-7-10(19)9-4-5-20-8-9/h4-6,8,10,19H,7H2,1-3H3,(H,16,17,18). The first-order chi connectivity index (χ1) is 9.36. The van der Waals surface area contributed by atoms with Crippen LogP contribution in [0.4, 0.5) is 5.82 Å². The summed E-state index contributed by atoms with van der Waals surface area (Å²) in [7, 11) is 0. The van der Waals surface area contributed by atoms with Gasteiger partial charge in [-0.2, -0.15) is 11.3 Å². The molecule has 2 aromatic heterocycles. The number of aliphatic hydroxyl groups is 1. The van der Waals surface area contributed by atoms with E-state index in [0.29, 0.717) is 23.3 Å². The van der Waals surface area contributed by atoms with Crippen molar-refractivity contribution in [1.29, 1.82) is 0 Å². The van der Waals surface area contributed by atoms with E-state index in [-0.39, 0.29) is 5.41 Å². The van der Waals surface area contributed by atoms with E-state index >= 15 is 0 Å². The molecule has 2 rings (SSSR count). The number of thiophene rings is 1. The lowest BCUT2D eigenvalue weighted by Crippen LogP contribution is -2.18. The molecule has 20 heavy (non-hydrogen) atoms. The lowest BCUT2D eigenvalue weighted by Gasteiger charge is -2.18. The highest BCUT2D eigenvalue weighted by atomic mass is 35.5. The minimum absolute atomic E-state index is 0.173. The van der Waals surface area contributed by atoms with Gasteiger partial charge in [-0.15, -0.1) is 0 Å². The predicted molar refractivity (Wildman–Crippen MR) is 83.5 cm³/mol. The van der Waals surface area contributed by atoms with Gasteiger partial charge < -0.3 is 10.4 Å². The Morgan fingerprint density at radius 1 is 1.40 bits per heavy atom. The third kappa shape index (κ3) is 3.91. The SMILES string of the molecule is CC(C)(C)c1nc(Cl)cc(NCC(O)c2ccsc2)n1. The Labute approximate surface area is 127 Å². The summed E-state index contributed by atoms with van der Waals surface area (Å²) in [6.45, 7) is 6.47. The van der Waals surface area contributed by atoms with Crippen LogP contribution in [0.15, 0.2) is 22.9 Å². The molecule has 0 aromatic carbocycles. The Balaban J connectivity index is 2.08. The fourth-order valence-corrected chi connectivity index (χ4v) is 2.52. The van der Waals surface area contributed by atoms with Gasteiger partial charge >= 0.3 is 0 Å². The lowest BCUT2D eigenvalue weighted by molar-refractivity contribution is 0.192. The zero-order chi connectivity index (χ0) is 14.8. The van der Waals surface area contributed by atoms with Gasteiger partial charge in [0.05, 0.1) is 6.10 Å². The molecule has 4 nitrogen and oxygen atoms in total. The van der Waals surface area contributed by atoms with Crippen LogP contribution in [0.5, 0.6) is 0 Å². The Kier molecular flexibility index (Phi) is 4.62. The Morgan fingerprint density at radius 3 is 2.75 bits per heavy atom. The number of aliphatic hydroxyl groups excluding tert-OH is 1. The minimum atomic E-state index is -0.562. The Morgan fingerprint density at radius 2 is 2.15 bits per heavy atom. The molecule has 1 atom stereocenters. The summed E-state index contributed by atoms with van der Waals surface area (Å²) in [4.78, 5) is 8.68. The van der Waals surface area contributed by atoms with E-state index in [1.807, 2.05) is 37.6 Å². The molecule has 0 saturated carbocycles. The van der Waals surface area contributed by atoms with Crippen LogP contribution in [0.25, 0.3) is 0 Å². The maximum Gasteiger partial charge on any atom is 0.137 e. The first-order valence-electron chi connectivity index (χ1n) is 6.35. The molecule has 2 aromatic rings. The molecule has 2 N–H and O–H groups in total. The van der Waals surface area contributed by atoms with Gasteiger partial charge in [0.1, 0.15) is 16.8 Å². The fourth-order valence-electron chi connectivity index (χ4n) is 1.63. The Hall–Kier alpha value is -1.17. The zero-order valence-electron chi connectivity index (χ0n) is 11.7. The van der Waals surface area contributed by atoms with Crippen LogP contribution in [-0.2, 0) is 5.41 Å². The smallest absolute Gasteiger partial charge is 0.137 e. The first-order valence-corrected chi connectivity index (χ1v) is 7.67. The van der Waals surface area contributed by atoms with Gasteiger partial charge in [-0.05, 0) is 22.4 Å². The van der Waals surface area contributed by atoms with Crippen LogP contribution >= 0.6 is 22.9 Å². The third-order valence-electron chi connectivity index (χ3n) is 2.77. The van der Waals surface area contributed by atoms with Crippen molar-refractivity contribution in [3.8, 4) is 0 Å². The maximum atomic E-state index is 10.0. The van der Waals surface area contributed by atoms with E-state index in [0.717, 1.165) is 5.56 Å². The summed E-state index contributed by atoms with van der Waals surface area (Å²) in [5.74, 6) is 1.31. The summed E-state index contributed by atoms with van der Waals surface area (Å²) >= 11 is 7.58. The summed E-state index contributed by atoms with van der Waals surface area (Å²) < 4.78 is 0. The highest BCUT2D eigenvalue weighted by Crippen LogP contribution is 2.23. The molecule has 6 heteroatoms. The molecule has 0 saturated heterocycles. The van der Waals surface area contributed by atoms with Crippen LogP contribution in [0.1, 0.15) is 38.3 Å². The average molecular weight is 312 g/mol. The molecule has 0 aliphatic rings. The third-order valence-corrected chi connectivity index (χ3v) is 3.67. The number of halogens is 1. The van der Waals surface area contributed by atoms with Crippen LogP contribution in [0, 0.1) is 0 Å². The van der Waals surface area contributed by atoms with Crippen LogP contribution in [0.2, 0.25) is 5.15 Å². The molecular formula is C14H18ClN3OS.